The van der Waals surface area contributed by atoms with Gasteiger partial charge < -0.3 is 15.0 Å². The Balaban J connectivity index is 1.69. The first-order valence-corrected chi connectivity index (χ1v) is 9.44. The van der Waals surface area contributed by atoms with Gasteiger partial charge in [-0.15, -0.1) is 11.3 Å². The van der Waals surface area contributed by atoms with E-state index in [-0.39, 0.29) is 11.9 Å². The van der Waals surface area contributed by atoms with E-state index in [1.54, 1.807) is 24.5 Å². The van der Waals surface area contributed by atoms with Gasteiger partial charge in [-0.05, 0) is 30.6 Å². The SMILES string of the molecule is COc1ccccc1C(=O)NCC(c1cccs1)N1CCN(C)CC1. The van der Waals surface area contributed by atoms with Crippen molar-refractivity contribution in [3.63, 3.8) is 0 Å². The smallest absolute Gasteiger partial charge is 0.255 e. The highest BCUT2D eigenvalue weighted by molar-refractivity contribution is 7.10. The van der Waals surface area contributed by atoms with Gasteiger partial charge in [0.05, 0.1) is 18.7 Å². The Morgan fingerprint density at radius 3 is 2.64 bits per heavy atom. The molecule has 0 aliphatic carbocycles. The summed E-state index contributed by atoms with van der Waals surface area (Å²) in [5.41, 5.74) is 0.577. The molecule has 1 atom stereocenters. The van der Waals surface area contributed by atoms with E-state index in [1.165, 1.54) is 4.88 Å². The Morgan fingerprint density at radius 2 is 1.96 bits per heavy atom. The van der Waals surface area contributed by atoms with Gasteiger partial charge >= 0.3 is 0 Å². The number of amides is 1. The molecular weight excluding hydrogens is 334 g/mol. The van der Waals surface area contributed by atoms with Crippen LogP contribution in [0.5, 0.6) is 5.75 Å². The number of hydrogen-bond donors (Lipinski definition) is 1. The molecule has 1 aliphatic heterocycles. The van der Waals surface area contributed by atoms with Crippen molar-refractivity contribution in [2.75, 3.05) is 46.9 Å². The third kappa shape index (κ3) is 4.39. The molecule has 134 valence electrons. The van der Waals surface area contributed by atoms with Crippen molar-refractivity contribution in [2.24, 2.45) is 0 Å². The van der Waals surface area contributed by atoms with Crippen molar-refractivity contribution in [1.29, 1.82) is 0 Å². The Kier molecular flexibility index (Phi) is 6.07. The van der Waals surface area contributed by atoms with Gasteiger partial charge in [-0.1, -0.05) is 18.2 Å². The number of thiophene rings is 1. The third-order valence-electron chi connectivity index (χ3n) is 4.66. The molecule has 1 amide bonds. The second kappa shape index (κ2) is 8.47. The molecular formula is C19H25N3O2S. The number of likely N-dealkylation sites (N-methyl/N-ethyl adjacent to an activating group) is 1. The van der Waals surface area contributed by atoms with E-state index in [1.807, 2.05) is 18.2 Å². The summed E-state index contributed by atoms with van der Waals surface area (Å²) in [6.45, 7) is 4.75. The fourth-order valence-electron chi connectivity index (χ4n) is 3.14. The number of nitrogens with one attached hydrogen (secondary N) is 1. The molecule has 0 saturated carbocycles. The van der Waals surface area contributed by atoms with Gasteiger partial charge in [0.15, 0.2) is 0 Å². The van der Waals surface area contributed by atoms with E-state index in [4.69, 9.17) is 4.74 Å². The number of hydrogen-bond acceptors (Lipinski definition) is 5. The average molecular weight is 359 g/mol. The molecule has 0 spiro atoms. The first kappa shape index (κ1) is 17.9. The Labute approximate surface area is 153 Å². The maximum atomic E-state index is 12.6. The standard InChI is InChI=1S/C19H25N3O2S/c1-21-9-11-22(12-10-21)16(18-8-5-13-25-18)14-20-19(23)15-6-3-4-7-17(15)24-2/h3-8,13,16H,9-12,14H2,1-2H3,(H,20,23). The highest BCUT2D eigenvalue weighted by atomic mass is 32.1. The van der Waals surface area contributed by atoms with Crippen molar-refractivity contribution in [2.45, 2.75) is 6.04 Å². The maximum Gasteiger partial charge on any atom is 0.255 e. The first-order chi connectivity index (χ1) is 12.2. The zero-order valence-electron chi connectivity index (χ0n) is 14.8. The molecule has 0 bridgehead atoms. The van der Waals surface area contributed by atoms with Crippen LogP contribution >= 0.6 is 11.3 Å². The molecule has 1 fully saturated rings. The van der Waals surface area contributed by atoms with Crippen molar-refractivity contribution in [3.05, 3.63) is 52.2 Å². The Bertz CT molecular complexity index is 682. The van der Waals surface area contributed by atoms with Gasteiger partial charge in [0.1, 0.15) is 5.75 Å². The van der Waals surface area contributed by atoms with Crippen LogP contribution in [0.4, 0.5) is 0 Å². The monoisotopic (exact) mass is 359 g/mol. The molecule has 25 heavy (non-hydrogen) atoms. The lowest BCUT2D eigenvalue weighted by atomic mass is 10.1. The lowest BCUT2D eigenvalue weighted by Crippen LogP contribution is -2.48. The van der Waals surface area contributed by atoms with Crippen LogP contribution in [-0.4, -0.2) is 62.6 Å². The van der Waals surface area contributed by atoms with E-state index in [0.717, 1.165) is 26.2 Å². The predicted molar refractivity (Wildman–Crippen MR) is 101 cm³/mol. The summed E-state index contributed by atoms with van der Waals surface area (Å²) >= 11 is 1.75. The summed E-state index contributed by atoms with van der Waals surface area (Å²) in [6, 6.07) is 11.8. The molecule has 1 unspecified atom stereocenters. The van der Waals surface area contributed by atoms with Crippen LogP contribution < -0.4 is 10.1 Å². The van der Waals surface area contributed by atoms with Gasteiger partial charge in [-0.25, -0.2) is 0 Å². The topological polar surface area (TPSA) is 44.8 Å². The fourth-order valence-corrected chi connectivity index (χ4v) is 4.00. The van der Waals surface area contributed by atoms with Crippen molar-refractivity contribution in [1.82, 2.24) is 15.1 Å². The minimum atomic E-state index is -0.0897. The van der Waals surface area contributed by atoms with Crippen molar-refractivity contribution in [3.8, 4) is 5.75 Å². The summed E-state index contributed by atoms with van der Waals surface area (Å²) in [6.07, 6.45) is 0. The van der Waals surface area contributed by atoms with Gasteiger partial charge in [-0.2, -0.15) is 0 Å². The Morgan fingerprint density at radius 1 is 1.20 bits per heavy atom. The van der Waals surface area contributed by atoms with Crippen molar-refractivity contribution < 1.29 is 9.53 Å². The molecule has 1 aliphatic rings. The fraction of sp³-hybridized carbons (Fsp3) is 0.421. The normalized spacial score (nSPS) is 17.2. The number of benzene rings is 1. The second-order valence-electron chi connectivity index (χ2n) is 6.28. The summed E-state index contributed by atoms with van der Waals surface area (Å²) < 4.78 is 5.30. The predicted octanol–water partition coefficient (Wildman–Crippen LogP) is 2.48. The van der Waals surface area contributed by atoms with E-state index < -0.39 is 0 Å². The number of para-hydroxylation sites is 1. The molecule has 5 nitrogen and oxygen atoms in total. The third-order valence-corrected chi connectivity index (χ3v) is 5.63. The molecule has 2 aromatic rings. The maximum absolute atomic E-state index is 12.6. The lowest BCUT2D eigenvalue weighted by molar-refractivity contribution is 0.0887. The summed E-state index contributed by atoms with van der Waals surface area (Å²) in [4.78, 5) is 18.7. The van der Waals surface area contributed by atoms with Crippen LogP contribution in [0.1, 0.15) is 21.3 Å². The quantitative estimate of drug-likeness (QED) is 0.861. The molecule has 2 heterocycles. The van der Waals surface area contributed by atoms with Gasteiger partial charge in [-0.3, -0.25) is 9.69 Å². The minimum Gasteiger partial charge on any atom is -0.496 e. The molecule has 1 N–H and O–H groups in total. The molecule has 6 heteroatoms. The highest BCUT2D eigenvalue weighted by Crippen LogP contribution is 2.26. The van der Waals surface area contributed by atoms with E-state index >= 15 is 0 Å². The van der Waals surface area contributed by atoms with Gasteiger partial charge in [0.25, 0.3) is 5.91 Å². The minimum absolute atomic E-state index is 0.0897. The van der Waals surface area contributed by atoms with Crippen LogP contribution in [0.3, 0.4) is 0 Å². The Hall–Kier alpha value is -1.89. The van der Waals surface area contributed by atoms with E-state index in [0.29, 0.717) is 17.9 Å². The molecule has 0 radical (unpaired) electrons. The lowest BCUT2D eigenvalue weighted by Gasteiger charge is -2.37. The van der Waals surface area contributed by atoms with Gasteiger partial charge in [0.2, 0.25) is 0 Å². The summed E-state index contributed by atoms with van der Waals surface area (Å²) in [5, 5.41) is 5.20. The zero-order valence-corrected chi connectivity index (χ0v) is 15.6. The van der Waals surface area contributed by atoms with Crippen LogP contribution in [0, 0.1) is 0 Å². The zero-order chi connectivity index (χ0) is 17.6. The van der Waals surface area contributed by atoms with E-state index in [2.05, 4.69) is 39.7 Å². The number of nitrogens with zero attached hydrogens (tertiary/aromatic N) is 2. The van der Waals surface area contributed by atoms with Crippen LogP contribution in [0.15, 0.2) is 41.8 Å². The number of methoxy groups -OCH3 is 1. The summed E-state index contributed by atoms with van der Waals surface area (Å²) in [7, 11) is 3.74. The number of carbonyl (C=O) groups excluding carboxylic acids is 1. The first-order valence-electron chi connectivity index (χ1n) is 8.56. The number of ether oxygens (including phenoxy) is 1. The number of piperazine rings is 1. The largest absolute Gasteiger partial charge is 0.496 e. The second-order valence-corrected chi connectivity index (χ2v) is 7.26. The molecule has 1 saturated heterocycles. The number of rotatable bonds is 6. The van der Waals surface area contributed by atoms with Gasteiger partial charge in [0, 0.05) is 37.6 Å². The van der Waals surface area contributed by atoms with Crippen LogP contribution in [0.2, 0.25) is 0 Å². The van der Waals surface area contributed by atoms with Crippen LogP contribution in [-0.2, 0) is 0 Å². The van der Waals surface area contributed by atoms with E-state index in [9.17, 15) is 4.79 Å². The molecule has 1 aromatic carbocycles. The average Bonchev–Trinajstić information content (AvgIpc) is 3.17. The molecule has 1 aromatic heterocycles. The highest BCUT2D eigenvalue weighted by Gasteiger charge is 2.25. The summed E-state index contributed by atoms with van der Waals surface area (Å²) in [5.74, 6) is 0.514. The van der Waals surface area contributed by atoms with Crippen molar-refractivity contribution >= 4 is 17.2 Å². The van der Waals surface area contributed by atoms with Crippen LogP contribution in [0.25, 0.3) is 0 Å². The molecule has 3 rings (SSSR count). The number of carbonyl (C=O) groups is 1.